The second kappa shape index (κ2) is 10.8. The van der Waals surface area contributed by atoms with Crippen LogP contribution in [0.1, 0.15) is 16.1 Å². The van der Waals surface area contributed by atoms with Gasteiger partial charge in [0, 0.05) is 23.0 Å². The third kappa shape index (κ3) is 5.57. The molecule has 0 radical (unpaired) electrons. The Kier molecular flexibility index (Phi) is 7.57. The van der Waals surface area contributed by atoms with Gasteiger partial charge in [0.1, 0.15) is 5.82 Å². The molecule has 2 aromatic heterocycles. The third-order valence-corrected chi connectivity index (χ3v) is 5.86. The molecule has 0 fully saturated rings. The van der Waals surface area contributed by atoms with Crippen LogP contribution in [0.5, 0.6) is 17.2 Å². The van der Waals surface area contributed by atoms with Gasteiger partial charge < -0.3 is 19.5 Å². The summed E-state index contributed by atoms with van der Waals surface area (Å²) in [6, 6.07) is 11.3. The molecule has 0 saturated carbocycles. The molecule has 0 saturated heterocycles. The van der Waals surface area contributed by atoms with Gasteiger partial charge in [-0.1, -0.05) is 23.7 Å². The van der Waals surface area contributed by atoms with Crippen molar-refractivity contribution in [2.75, 3.05) is 19.5 Å². The van der Waals surface area contributed by atoms with Crippen molar-refractivity contribution < 1.29 is 23.4 Å². The molecule has 2 aromatic carbocycles. The van der Waals surface area contributed by atoms with Crippen molar-refractivity contribution >= 4 is 39.3 Å². The molecule has 4 rings (SSSR count). The quantitative estimate of drug-likeness (QED) is 0.308. The molecule has 0 spiro atoms. The van der Waals surface area contributed by atoms with Crippen LogP contribution in [0.25, 0.3) is 0 Å². The molecule has 0 atom stereocenters. The fraction of sp³-hybridized carbons (Fsp3) is 0.174. The number of ether oxygens (including phenoxy) is 3. The lowest BCUT2D eigenvalue weighted by molar-refractivity contribution is 0.101. The number of carbonyl (C=O) groups is 1. The lowest BCUT2D eigenvalue weighted by Gasteiger charge is -2.13. The van der Waals surface area contributed by atoms with Crippen molar-refractivity contribution in [2.45, 2.75) is 13.3 Å². The highest BCUT2D eigenvalue weighted by atomic mass is 79.9. The molecule has 0 bridgehead atoms. The number of carbonyl (C=O) groups excluding carboxylic acids is 1. The number of benzene rings is 2. The monoisotopic (exact) mass is 563 g/mol. The Labute approximate surface area is 213 Å². The summed E-state index contributed by atoms with van der Waals surface area (Å²) in [5.41, 5.74) is 0.451. The first-order chi connectivity index (χ1) is 16.9. The molecule has 4 aromatic rings. The molecule has 1 amide bonds. The SMILES string of the molecule is COc1cccc(OC)c1OCn1ccc(C(=O)Nc2nn(Cc3c(F)cccc3Cl)cc2Br)n1. The van der Waals surface area contributed by atoms with E-state index >= 15 is 0 Å². The van der Waals surface area contributed by atoms with Gasteiger partial charge in [-0.3, -0.25) is 9.48 Å². The van der Waals surface area contributed by atoms with Crippen molar-refractivity contribution in [3.05, 3.63) is 81.4 Å². The number of halogens is 3. The lowest BCUT2D eigenvalue weighted by atomic mass is 10.2. The van der Waals surface area contributed by atoms with Crippen LogP contribution in [0.15, 0.2) is 59.3 Å². The minimum Gasteiger partial charge on any atom is -0.493 e. The third-order valence-electron chi connectivity index (χ3n) is 4.93. The Hall–Kier alpha value is -3.57. The zero-order valence-electron chi connectivity index (χ0n) is 18.7. The Balaban J connectivity index is 1.42. The summed E-state index contributed by atoms with van der Waals surface area (Å²) in [4.78, 5) is 12.7. The van der Waals surface area contributed by atoms with Gasteiger partial charge in [-0.15, -0.1) is 0 Å². The van der Waals surface area contributed by atoms with E-state index in [4.69, 9.17) is 25.8 Å². The largest absolute Gasteiger partial charge is 0.493 e. The van der Waals surface area contributed by atoms with E-state index in [0.29, 0.717) is 32.3 Å². The van der Waals surface area contributed by atoms with Crippen LogP contribution < -0.4 is 19.5 Å². The van der Waals surface area contributed by atoms with Gasteiger partial charge in [0.05, 0.1) is 25.2 Å². The summed E-state index contributed by atoms with van der Waals surface area (Å²) >= 11 is 9.45. The average molecular weight is 565 g/mol. The number of nitrogens with zero attached hydrogens (tertiary/aromatic N) is 4. The van der Waals surface area contributed by atoms with Crippen molar-refractivity contribution in [2.24, 2.45) is 0 Å². The number of amides is 1. The van der Waals surface area contributed by atoms with Gasteiger partial charge in [0.15, 0.2) is 29.7 Å². The highest BCUT2D eigenvalue weighted by Crippen LogP contribution is 2.36. The summed E-state index contributed by atoms with van der Waals surface area (Å²) in [6.07, 6.45) is 3.22. The van der Waals surface area contributed by atoms with Gasteiger partial charge in [0.2, 0.25) is 5.75 Å². The predicted molar refractivity (Wildman–Crippen MR) is 131 cm³/mol. The minimum absolute atomic E-state index is 0.0196. The molecular formula is C23H20BrClFN5O4. The maximum Gasteiger partial charge on any atom is 0.277 e. The minimum atomic E-state index is -0.478. The molecule has 0 aliphatic heterocycles. The summed E-state index contributed by atoms with van der Waals surface area (Å²) in [7, 11) is 3.06. The van der Waals surface area contributed by atoms with E-state index < -0.39 is 11.7 Å². The number of hydrogen-bond acceptors (Lipinski definition) is 6. The van der Waals surface area contributed by atoms with Gasteiger partial charge in [-0.25, -0.2) is 9.07 Å². The maximum absolute atomic E-state index is 14.1. The fourth-order valence-corrected chi connectivity index (χ4v) is 3.86. The van der Waals surface area contributed by atoms with Crippen LogP contribution in [0.2, 0.25) is 5.02 Å². The number of hydrogen-bond donors (Lipinski definition) is 1. The smallest absolute Gasteiger partial charge is 0.277 e. The van der Waals surface area contributed by atoms with Crippen molar-refractivity contribution in [1.29, 1.82) is 0 Å². The van der Waals surface area contributed by atoms with Gasteiger partial charge in [0.25, 0.3) is 5.91 Å². The number of anilines is 1. The van der Waals surface area contributed by atoms with Crippen LogP contribution >= 0.6 is 27.5 Å². The zero-order chi connectivity index (χ0) is 24.9. The molecule has 0 unspecified atom stereocenters. The molecule has 12 heteroatoms. The van der Waals surface area contributed by atoms with Gasteiger partial charge >= 0.3 is 0 Å². The summed E-state index contributed by atoms with van der Waals surface area (Å²) in [6.45, 7) is 0.115. The molecule has 182 valence electrons. The first-order valence-electron chi connectivity index (χ1n) is 10.2. The number of rotatable bonds is 9. The van der Waals surface area contributed by atoms with Gasteiger partial charge in [-0.05, 0) is 46.3 Å². The van der Waals surface area contributed by atoms with Crippen molar-refractivity contribution in [3.63, 3.8) is 0 Å². The zero-order valence-corrected chi connectivity index (χ0v) is 21.0. The van der Waals surface area contributed by atoms with Gasteiger partial charge in [-0.2, -0.15) is 10.2 Å². The highest BCUT2D eigenvalue weighted by molar-refractivity contribution is 9.10. The van der Waals surface area contributed by atoms with E-state index in [-0.39, 0.29) is 24.8 Å². The molecule has 0 aliphatic rings. The number of methoxy groups -OCH3 is 2. The number of aromatic nitrogens is 4. The summed E-state index contributed by atoms with van der Waals surface area (Å²) in [5.74, 6) is 0.773. The molecule has 2 heterocycles. The van der Waals surface area contributed by atoms with E-state index in [1.54, 1.807) is 42.7 Å². The second-order valence-electron chi connectivity index (χ2n) is 7.18. The van der Waals surface area contributed by atoms with Crippen LogP contribution in [-0.4, -0.2) is 39.7 Å². The Morgan fingerprint density at radius 3 is 2.49 bits per heavy atom. The predicted octanol–water partition coefficient (Wildman–Crippen LogP) is 4.99. The van der Waals surface area contributed by atoms with Crippen molar-refractivity contribution in [1.82, 2.24) is 19.6 Å². The molecule has 1 N–H and O–H groups in total. The Morgan fingerprint density at radius 1 is 1.09 bits per heavy atom. The standard InChI is InChI=1S/C23H20BrClFN5O4/c1-33-19-7-4-8-20(34-2)21(19)35-13-30-10-9-18(28-30)23(32)27-22-15(24)12-31(29-22)11-14-16(25)5-3-6-17(14)26/h3-10,12H,11,13H2,1-2H3,(H,27,29,32). The first kappa shape index (κ1) is 24.6. The van der Waals surface area contributed by atoms with Crippen molar-refractivity contribution in [3.8, 4) is 17.2 Å². The molecule has 9 nitrogen and oxygen atoms in total. The first-order valence-corrected chi connectivity index (χ1v) is 11.4. The Morgan fingerprint density at radius 2 is 1.80 bits per heavy atom. The summed E-state index contributed by atoms with van der Waals surface area (Å²) < 4.78 is 34.0. The Bertz CT molecular complexity index is 1320. The molecule has 35 heavy (non-hydrogen) atoms. The normalized spacial score (nSPS) is 10.8. The van der Waals surface area contributed by atoms with Crippen LogP contribution in [0, 0.1) is 5.82 Å². The highest BCUT2D eigenvalue weighted by Gasteiger charge is 2.17. The number of para-hydroxylation sites is 1. The van der Waals surface area contributed by atoms with E-state index in [1.807, 2.05) is 0 Å². The fourth-order valence-electron chi connectivity index (χ4n) is 3.22. The summed E-state index contributed by atoms with van der Waals surface area (Å²) in [5, 5.41) is 11.5. The van der Waals surface area contributed by atoms with E-state index in [9.17, 15) is 9.18 Å². The number of nitrogens with one attached hydrogen (secondary N) is 1. The topological polar surface area (TPSA) is 92.4 Å². The van der Waals surface area contributed by atoms with E-state index in [0.717, 1.165) is 0 Å². The van der Waals surface area contributed by atoms with E-state index in [1.165, 1.54) is 35.7 Å². The molecule has 0 aliphatic carbocycles. The van der Waals surface area contributed by atoms with E-state index in [2.05, 4.69) is 31.4 Å². The molecular weight excluding hydrogens is 545 g/mol. The maximum atomic E-state index is 14.1. The lowest BCUT2D eigenvalue weighted by Crippen LogP contribution is -2.15. The van der Waals surface area contributed by atoms with Crippen LogP contribution in [-0.2, 0) is 13.3 Å². The van der Waals surface area contributed by atoms with Crippen LogP contribution in [0.3, 0.4) is 0 Å². The average Bonchev–Trinajstić information content (AvgIpc) is 3.46. The van der Waals surface area contributed by atoms with Crippen LogP contribution in [0.4, 0.5) is 10.2 Å². The second-order valence-corrected chi connectivity index (χ2v) is 8.44.